The van der Waals surface area contributed by atoms with Crippen LogP contribution in [0.25, 0.3) is 5.82 Å². The van der Waals surface area contributed by atoms with Crippen molar-refractivity contribution in [3.63, 3.8) is 0 Å². The van der Waals surface area contributed by atoms with Gasteiger partial charge in [0.05, 0.1) is 0 Å². The van der Waals surface area contributed by atoms with Crippen LogP contribution in [0.1, 0.15) is 5.56 Å². The minimum absolute atomic E-state index is 0.325. The average molecular weight is 404 g/mol. The zero-order valence-corrected chi connectivity index (χ0v) is 15.9. The molecule has 2 aromatic carbocycles. The minimum Gasteiger partial charge on any atom is -0.438 e. The highest BCUT2D eigenvalue weighted by Gasteiger charge is 2.06. The Balaban J connectivity index is 1.34. The molecule has 4 rings (SSSR count). The molecule has 2 aromatic heterocycles. The third-order valence-corrected chi connectivity index (χ3v) is 4.13. The van der Waals surface area contributed by atoms with Gasteiger partial charge in [-0.1, -0.05) is 6.07 Å². The summed E-state index contributed by atoms with van der Waals surface area (Å²) in [6.07, 6.45) is 3.42. The molecule has 0 saturated heterocycles. The summed E-state index contributed by atoms with van der Waals surface area (Å²) < 4.78 is 20.8. The van der Waals surface area contributed by atoms with Crippen molar-refractivity contribution in [3.8, 4) is 17.4 Å². The summed E-state index contributed by atoms with van der Waals surface area (Å²) in [4.78, 5) is 12.1. The van der Waals surface area contributed by atoms with Gasteiger partial charge in [0.15, 0.2) is 5.82 Å². The molecule has 0 radical (unpaired) electrons. The van der Waals surface area contributed by atoms with Crippen molar-refractivity contribution in [1.82, 2.24) is 20.0 Å². The third-order valence-electron chi connectivity index (χ3n) is 4.13. The molecule has 0 aliphatic heterocycles. The second-order valence-corrected chi connectivity index (χ2v) is 6.35. The maximum Gasteiger partial charge on any atom is 0.323 e. The first-order valence-electron chi connectivity index (χ1n) is 9.03. The van der Waals surface area contributed by atoms with Crippen molar-refractivity contribution in [1.29, 1.82) is 0 Å². The van der Waals surface area contributed by atoms with E-state index in [-0.39, 0.29) is 5.82 Å². The molecule has 0 fully saturated rings. The number of hydrogen-bond acceptors (Lipinski definition) is 5. The predicted octanol–water partition coefficient (Wildman–Crippen LogP) is 4.55. The summed E-state index contributed by atoms with van der Waals surface area (Å²) in [5.41, 5.74) is 1.43. The molecule has 8 nitrogen and oxygen atoms in total. The molecule has 0 aliphatic rings. The minimum atomic E-state index is -0.480. The number of nitrogens with one attached hydrogen (secondary N) is 2. The van der Waals surface area contributed by atoms with E-state index in [4.69, 9.17) is 4.74 Å². The maximum atomic E-state index is 13.6. The maximum absolute atomic E-state index is 13.6. The number of aryl methyl sites for hydroxylation is 1. The van der Waals surface area contributed by atoms with Gasteiger partial charge in [-0.2, -0.15) is 5.10 Å². The molecular formula is C21H17FN6O2. The number of hydrogen-bond donors (Lipinski definition) is 2. The van der Waals surface area contributed by atoms with E-state index in [9.17, 15) is 9.18 Å². The van der Waals surface area contributed by atoms with Gasteiger partial charge in [-0.15, -0.1) is 10.2 Å². The quantitative estimate of drug-likeness (QED) is 0.509. The van der Waals surface area contributed by atoms with Crippen molar-refractivity contribution >= 4 is 17.4 Å². The molecular weight excluding hydrogens is 387 g/mol. The summed E-state index contributed by atoms with van der Waals surface area (Å²) in [6.45, 7) is 1.65. The number of benzene rings is 2. The Labute approximate surface area is 171 Å². The molecule has 0 bridgehead atoms. The van der Waals surface area contributed by atoms with E-state index < -0.39 is 6.03 Å². The molecule has 2 amide bonds. The van der Waals surface area contributed by atoms with Gasteiger partial charge in [0, 0.05) is 29.8 Å². The fourth-order valence-corrected chi connectivity index (χ4v) is 2.59. The van der Waals surface area contributed by atoms with Gasteiger partial charge in [-0.05, 0) is 61.0 Å². The van der Waals surface area contributed by atoms with Crippen molar-refractivity contribution in [2.75, 3.05) is 10.6 Å². The Bertz CT molecular complexity index is 1150. The molecule has 4 aromatic rings. The highest BCUT2D eigenvalue weighted by atomic mass is 19.1. The van der Waals surface area contributed by atoms with Crippen molar-refractivity contribution < 1.29 is 13.9 Å². The summed E-state index contributed by atoms with van der Waals surface area (Å²) in [6, 6.07) is 16.0. The predicted molar refractivity (Wildman–Crippen MR) is 109 cm³/mol. The van der Waals surface area contributed by atoms with Crippen LogP contribution in [0.4, 0.5) is 20.6 Å². The Morgan fingerprint density at radius 1 is 1.00 bits per heavy atom. The van der Waals surface area contributed by atoms with Crippen LogP contribution in [-0.2, 0) is 0 Å². The number of ether oxygens (including phenoxy) is 1. The zero-order valence-electron chi connectivity index (χ0n) is 15.9. The number of anilines is 2. The number of carbonyl (C=O) groups excluding carboxylic acids is 1. The van der Waals surface area contributed by atoms with Crippen LogP contribution in [0, 0.1) is 12.7 Å². The lowest BCUT2D eigenvalue weighted by Gasteiger charge is -2.09. The third kappa shape index (κ3) is 4.58. The largest absolute Gasteiger partial charge is 0.438 e. The summed E-state index contributed by atoms with van der Waals surface area (Å²) in [5, 5.41) is 17.4. The Morgan fingerprint density at radius 3 is 2.43 bits per heavy atom. The number of nitrogens with zero attached hydrogens (tertiary/aromatic N) is 4. The van der Waals surface area contributed by atoms with E-state index in [0.29, 0.717) is 34.4 Å². The highest BCUT2D eigenvalue weighted by Crippen LogP contribution is 2.22. The second-order valence-electron chi connectivity index (χ2n) is 6.35. The van der Waals surface area contributed by atoms with Crippen molar-refractivity contribution in [2.45, 2.75) is 6.92 Å². The van der Waals surface area contributed by atoms with E-state index in [1.807, 2.05) is 0 Å². The second kappa shape index (κ2) is 8.39. The lowest BCUT2D eigenvalue weighted by Crippen LogP contribution is -2.19. The van der Waals surface area contributed by atoms with Crippen LogP contribution in [0.3, 0.4) is 0 Å². The first-order chi connectivity index (χ1) is 14.6. The van der Waals surface area contributed by atoms with Gasteiger partial charge >= 0.3 is 6.03 Å². The summed E-state index contributed by atoms with van der Waals surface area (Å²) in [7, 11) is 0. The molecule has 0 saturated carbocycles. The Kier molecular flexibility index (Phi) is 5.33. The number of urea groups is 1. The van der Waals surface area contributed by atoms with E-state index in [0.717, 1.165) is 0 Å². The number of rotatable bonds is 5. The fraction of sp³-hybridized carbons (Fsp3) is 0.0476. The molecule has 9 heteroatoms. The van der Waals surface area contributed by atoms with Gasteiger partial charge in [0.25, 0.3) is 0 Å². The standard InChI is InChI=1S/C21H17FN6O2/c1-14-3-4-16(13-18(14)22)25-21(29)24-15-5-7-17(8-6-15)30-20-10-9-19(26-27-20)28-12-2-11-23-28/h2-13H,1H3,(H2,24,25,29). The molecule has 0 unspecified atom stereocenters. The first kappa shape index (κ1) is 19.1. The normalized spacial score (nSPS) is 10.5. The summed E-state index contributed by atoms with van der Waals surface area (Å²) in [5.74, 6) is 1.05. The van der Waals surface area contributed by atoms with Crippen LogP contribution in [0.5, 0.6) is 11.6 Å². The average Bonchev–Trinajstić information content (AvgIpc) is 3.28. The van der Waals surface area contributed by atoms with Gasteiger partial charge in [-0.25, -0.2) is 13.9 Å². The molecule has 0 aliphatic carbocycles. The van der Waals surface area contributed by atoms with E-state index in [2.05, 4.69) is 25.9 Å². The SMILES string of the molecule is Cc1ccc(NC(=O)Nc2ccc(Oc3ccc(-n4cccn4)nn3)cc2)cc1F. The monoisotopic (exact) mass is 404 g/mol. The number of halogens is 1. The Morgan fingerprint density at radius 2 is 1.77 bits per heavy atom. The number of aromatic nitrogens is 4. The van der Waals surface area contributed by atoms with Crippen LogP contribution in [0.15, 0.2) is 73.1 Å². The number of carbonyl (C=O) groups is 1. The number of amides is 2. The van der Waals surface area contributed by atoms with Gasteiger partial charge in [0.1, 0.15) is 11.6 Å². The fourth-order valence-electron chi connectivity index (χ4n) is 2.59. The molecule has 2 heterocycles. The molecule has 30 heavy (non-hydrogen) atoms. The van der Waals surface area contributed by atoms with Crippen LogP contribution >= 0.6 is 0 Å². The van der Waals surface area contributed by atoms with E-state index in [1.54, 1.807) is 78.6 Å². The molecule has 2 N–H and O–H groups in total. The first-order valence-corrected chi connectivity index (χ1v) is 9.03. The zero-order chi connectivity index (χ0) is 20.9. The van der Waals surface area contributed by atoms with E-state index >= 15 is 0 Å². The van der Waals surface area contributed by atoms with Crippen molar-refractivity contribution in [3.05, 3.63) is 84.4 Å². The van der Waals surface area contributed by atoms with Crippen LogP contribution in [0.2, 0.25) is 0 Å². The van der Waals surface area contributed by atoms with Gasteiger partial charge in [-0.3, -0.25) is 0 Å². The highest BCUT2D eigenvalue weighted by molar-refractivity contribution is 5.99. The molecule has 150 valence electrons. The smallest absolute Gasteiger partial charge is 0.323 e. The lowest BCUT2D eigenvalue weighted by atomic mass is 10.2. The van der Waals surface area contributed by atoms with Crippen molar-refractivity contribution in [2.24, 2.45) is 0 Å². The topological polar surface area (TPSA) is 94.0 Å². The Hall–Kier alpha value is -4.27. The molecule has 0 spiro atoms. The summed E-state index contributed by atoms with van der Waals surface area (Å²) >= 11 is 0. The van der Waals surface area contributed by atoms with Gasteiger partial charge < -0.3 is 15.4 Å². The molecule has 0 atom stereocenters. The lowest BCUT2D eigenvalue weighted by molar-refractivity contribution is 0.262. The van der Waals surface area contributed by atoms with Crippen LogP contribution < -0.4 is 15.4 Å². The van der Waals surface area contributed by atoms with Crippen LogP contribution in [-0.4, -0.2) is 26.0 Å². The van der Waals surface area contributed by atoms with Gasteiger partial charge in [0.2, 0.25) is 5.88 Å². The van der Waals surface area contributed by atoms with E-state index in [1.165, 1.54) is 6.07 Å².